The van der Waals surface area contributed by atoms with Crippen LogP contribution >= 0.6 is 0 Å². The summed E-state index contributed by atoms with van der Waals surface area (Å²) in [5, 5.41) is 3.07. The molecule has 0 aromatic carbocycles. The Balaban J connectivity index is 3.37. The summed E-state index contributed by atoms with van der Waals surface area (Å²) in [6.07, 6.45) is 2.40. The van der Waals surface area contributed by atoms with Crippen LogP contribution in [0.4, 0.5) is 0 Å². The van der Waals surface area contributed by atoms with E-state index in [0.29, 0.717) is 32.5 Å². The van der Waals surface area contributed by atoms with Crippen LogP contribution in [0.15, 0.2) is 0 Å². The number of hydrogen-bond donors (Lipinski definition) is 2. The first kappa shape index (κ1) is 16.8. The first-order chi connectivity index (χ1) is 7.77. The maximum Gasteiger partial charge on any atom is 0.208 e. The molecule has 2 N–H and O–H groups in total. The van der Waals surface area contributed by atoms with E-state index in [-0.39, 0.29) is 11.5 Å². The second-order valence-corrected chi connectivity index (χ2v) is 8.17. The molecule has 0 atom stereocenters. The van der Waals surface area contributed by atoms with E-state index in [4.69, 9.17) is 0 Å². The molecule has 0 spiro atoms. The molecule has 0 amide bonds. The lowest BCUT2D eigenvalue weighted by atomic mass is 10.4. The molecule has 0 heterocycles. The smallest absolute Gasteiger partial charge is 0.208 e. The van der Waals surface area contributed by atoms with Crippen molar-refractivity contribution in [3.8, 4) is 0 Å². The van der Waals surface area contributed by atoms with Gasteiger partial charge < -0.3 is 5.32 Å². The number of hydrogen-bond acceptors (Lipinski definition) is 5. The number of nitrogens with one attached hydrogen (secondary N) is 2. The number of rotatable bonds is 10. The van der Waals surface area contributed by atoms with Gasteiger partial charge in [-0.1, -0.05) is 6.92 Å². The van der Waals surface area contributed by atoms with E-state index in [9.17, 15) is 16.8 Å². The second-order valence-electron chi connectivity index (χ2n) is 3.86. The first-order valence-electron chi connectivity index (χ1n) is 5.62. The Kier molecular flexibility index (Phi) is 7.93. The van der Waals surface area contributed by atoms with Crippen molar-refractivity contribution in [3.05, 3.63) is 0 Å². The van der Waals surface area contributed by atoms with Gasteiger partial charge in [0.1, 0.15) is 9.84 Å². The van der Waals surface area contributed by atoms with E-state index in [1.807, 2.05) is 0 Å². The topological polar surface area (TPSA) is 92.3 Å². The summed E-state index contributed by atoms with van der Waals surface area (Å²) in [6.45, 7) is 3.35. The Morgan fingerprint density at radius 2 is 1.53 bits per heavy atom. The summed E-state index contributed by atoms with van der Waals surface area (Å²) in [4.78, 5) is 0. The van der Waals surface area contributed by atoms with E-state index < -0.39 is 19.9 Å². The minimum Gasteiger partial charge on any atom is -0.317 e. The quantitative estimate of drug-likeness (QED) is 0.520. The molecule has 0 radical (unpaired) electrons. The van der Waals surface area contributed by atoms with E-state index in [1.165, 1.54) is 0 Å². The van der Waals surface area contributed by atoms with Crippen LogP contribution in [0.25, 0.3) is 0 Å². The van der Waals surface area contributed by atoms with Crippen molar-refractivity contribution in [2.45, 2.75) is 19.8 Å². The standard InChI is InChI=1S/C9H22N2O4S2/c1-3-17(14,15)9-5-7-10-6-4-8-11-16(2,12)13/h10-11H,3-9H2,1-2H3. The van der Waals surface area contributed by atoms with Crippen LogP contribution in [0, 0.1) is 0 Å². The molecule has 6 nitrogen and oxygen atoms in total. The Morgan fingerprint density at radius 3 is 2.06 bits per heavy atom. The van der Waals surface area contributed by atoms with Gasteiger partial charge in [-0.25, -0.2) is 21.6 Å². The van der Waals surface area contributed by atoms with E-state index >= 15 is 0 Å². The lowest BCUT2D eigenvalue weighted by Crippen LogP contribution is -2.27. The van der Waals surface area contributed by atoms with Crippen molar-refractivity contribution in [3.63, 3.8) is 0 Å². The second kappa shape index (κ2) is 8.02. The minimum absolute atomic E-state index is 0.186. The lowest BCUT2D eigenvalue weighted by Gasteiger charge is -2.05. The van der Waals surface area contributed by atoms with Crippen LogP contribution in [0.2, 0.25) is 0 Å². The van der Waals surface area contributed by atoms with Gasteiger partial charge in [-0.15, -0.1) is 0 Å². The van der Waals surface area contributed by atoms with Crippen molar-refractivity contribution in [1.82, 2.24) is 10.0 Å². The predicted octanol–water partition coefficient (Wildman–Crippen LogP) is -0.660. The van der Waals surface area contributed by atoms with Crippen molar-refractivity contribution in [2.24, 2.45) is 0 Å². The van der Waals surface area contributed by atoms with Gasteiger partial charge in [-0.05, 0) is 25.9 Å². The Labute approximate surface area is 104 Å². The van der Waals surface area contributed by atoms with E-state index in [0.717, 1.165) is 6.26 Å². The van der Waals surface area contributed by atoms with Crippen LogP contribution in [0.3, 0.4) is 0 Å². The Bertz CT molecular complexity index is 389. The lowest BCUT2D eigenvalue weighted by molar-refractivity contribution is 0.574. The molecule has 17 heavy (non-hydrogen) atoms. The third-order valence-electron chi connectivity index (χ3n) is 2.14. The van der Waals surface area contributed by atoms with Gasteiger partial charge in [0.15, 0.2) is 0 Å². The van der Waals surface area contributed by atoms with Crippen LogP contribution < -0.4 is 10.0 Å². The highest BCUT2D eigenvalue weighted by Gasteiger charge is 2.05. The maximum absolute atomic E-state index is 11.1. The van der Waals surface area contributed by atoms with Crippen molar-refractivity contribution < 1.29 is 16.8 Å². The molecule has 0 saturated heterocycles. The monoisotopic (exact) mass is 286 g/mol. The van der Waals surface area contributed by atoms with Crippen LogP contribution in [0.5, 0.6) is 0 Å². The molecule has 0 unspecified atom stereocenters. The fourth-order valence-corrected chi connectivity index (χ4v) is 2.55. The van der Waals surface area contributed by atoms with Gasteiger partial charge in [0.2, 0.25) is 10.0 Å². The highest BCUT2D eigenvalue weighted by Crippen LogP contribution is 1.92. The van der Waals surface area contributed by atoms with Gasteiger partial charge >= 0.3 is 0 Å². The van der Waals surface area contributed by atoms with Crippen LogP contribution in [-0.2, 0) is 19.9 Å². The van der Waals surface area contributed by atoms with Gasteiger partial charge in [-0.2, -0.15) is 0 Å². The summed E-state index contributed by atoms with van der Waals surface area (Å²) >= 11 is 0. The molecule has 0 aromatic rings. The van der Waals surface area contributed by atoms with Crippen molar-refractivity contribution in [1.29, 1.82) is 0 Å². The molecule has 0 aromatic heterocycles. The highest BCUT2D eigenvalue weighted by atomic mass is 32.2. The molecule has 0 aliphatic carbocycles. The van der Waals surface area contributed by atoms with Crippen LogP contribution in [-0.4, -0.2) is 54.2 Å². The predicted molar refractivity (Wildman–Crippen MR) is 69.3 cm³/mol. The zero-order valence-corrected chi connectivity index (χ0v) is 12.0. The molecule has 0 saturated carbocycles. The molecular formula is C9H22N2O4S2. The largest absolute Gasteiger partial charge is 0.317 e. The summed E-state index contributed by atoms with van der Waals surface area (Å²) in [7, 11) is -5.97. The molecule has 8 heteroatoms. The SMILES string of the molecule is CCS(=O)(=O)CCCNCCCNS(C)(=O)=O. The average molecular weight is 286 g/mol. The van der Waals surface area contributed by atoms with Gasteiger partial charge in [0, 0.05) is 12.3 Å². The minimum atomic E-state index is -3.10. The first-order valence-corrected chi connectivity index (χ1v) is 9.34. The summed E-state index contributed by atoms with van der Waals surface area (Å²) in [6, 6.07) is 0. The molecular weight excluding hydrogens is 264 g/mol. The molecule has 0 bridgehead atoms. The van der Waals surface area contributed by atoms with Crippen molar-refractivity contribution in [2.75, 3.05) is 37.4 Å². The Hall–Kier alpha value is -0.180. The summed E-state index contributed by atoms with van der Waals surface area (Å²) < 4.78 is 46.1. The zero-order valence-electron chi connectivity index (χ0n) is 10.4. The normalized spacial score (nSPS) is 12.8. The van der Waals surface area contributed by atoms with Gasteiger partial charge in [0.25, 0.3) is 0 Å². The number of sulfonamides is 1. The third-order valence-corrected chi connectivity index (χ3v) is 4.66. The third kappa shape index (κ3) is 12.1. The highest BCUT2D eigenvalue weighted by molar-refractivity contribution is 7.91. The van der Waals surface area contributed by atoms with Crippen molar-refractivity contribution >= 4 is 19.9 Å². The molecule has 104 valence electrons. The van der Waals surface area contributed by atoms with Gasteiger partial charge in [-0.3, -0.25) is 0 Å². The molecule has 0 aliphatic heterocycles. The maximum atomic E-state index is 11.1. The fraction of sp³-hybridized carbons (Fsp3) is 1.00. The summed E-state index contributed by atoms with van der Waals surface area (Å²) in [5.41, 5.74) is 0. The zero-order chi connectivity index (χ0) is 13.4. The molecule has 0 aliphatic rings. The Morgan fingerprint density at radius 1 is 0.941 bits per heavy atom. The molecule has 0 rings (SSSR count). The average Bonchev–Trinajstić information content (AvgIpc) is 2.20. The van der Waals surface area contributed by atoms with Gasteiger partial charge in [0.05, 0.1) is 12.0 Å². The molecule has 0 fully saturated rings. The number of sulfone groups is 1. The van der Waals surface area contributed by atoms with E-state index in [1.54, 1.807) is 6.92 Å². The fourth-order valence-electron chi connectivity index (χ4n) is 1.16. The summed E-state index contributed by atoms with van der Waals surface area (Å²) in [5.74, 6) is 0.392. The van der Waals surface area contributed by atoms with Crippen LogP contribution in [0.1, 0.15) is 19.8 Å². The van der Waals surface area contributed by atoms with E-state index in [2.05, 4.69) is 10.0 Å².